The highest BCUT2D eigenvalue weighted by atomic mass is 15.0. The molecule has 1 unspecified atom stereocenters. The van der Waals surface area contributed by atoms with E-state index in [2.05, 4.69) is 60.8 Å². The molecule has 1 atom stereocenters. The summed E-state index contributed by atoms with van der Waals surface area (Å²) in [5.74, 6) is 0.843. The minimum Gasteiger partial charge on any atom is -0.384 e. The van der Waals surface area contributed by atoms with Gasteiger partial charge in [-0.1, -0.05) is 45.5 Å². The van der Waals surface area contributed by atoms with Crippen molar-refractivity contribution in [3.8, 4) is 11.3 Å². The van der Waals surface area contributed by atoms with Crippen molar-refractivity contribution in [2.45, 2.75) is 39.5 Å². The topological polar surface area (TPSA) is 66.7 Å². The first-order valence-corrected chi connectivity index (χ1v) is 8.86. The number of benzene rings is 1. The lowest BCUT2D eigenvalue weighted by Crippen LogP contribution is -2.09. The second kappa shape index (κ2) is 7.01. The fraction of sp³-hybridized carbons (Fsp3) is 0.286. The first kappa shape index (κ1) is 17.1. The molecule has 2 heterocycles. The third-order valence-electron chi connectivity index (χ3n) is 4.70. The zero-order chi connectivity index (χ0) is 18.0. The molecule has 4 N–H and O–H groups in total. The lowest BCUT2D eigenvalue weighted by molar-refractivity contribution is 0.711. The highest BCUT2D eigenvalue weighted by molar-refractivity contribution is 5.90. The Morgan fingerprint density at radius 1 is 1.28 bits per heavy atom. The molecule has 3 aromatic rings. The zero-order valence-electron chi connectivity index (χ0n) is 15.2. The maximum atomic E-state index is 6.14. The molecule has 0 aliphatic heterocycles. The van der Waals surface area contributed by atoms with Gasteiger partial charge >= 0.3 is 0 Å². The van der Waals surface area contributed by atoms with Gasteiger partial charge in [0.15, 0.2) is 0 Å². The summed E-state index contributed by atoms with van der Waals surface area (Å²) in [6.45, 7) is 10.5. The van der Waals surface area contributed by atoms with Gasteiger partial charge in [-0.05, 0) is 31.0 Å². The number of aromatic nitrogens is 2. The predicted octanol–water partition coefficient (Wildman–Crippen LogP) is 5.66. The molecule has 130 valence electrons. The summed E-state index contributed by atoms with van der Waals surface area (Å²) in [4.78, 5) is 8.13. The lowest BCUT2D eigenvalue weighted by atomic mass is 9.98. The maximum absolute atomic E-state index is 6.14. The first-order chi connectivity index (χ1) is 12.0. The summed E-state index contributed by atoms with van der Waals surface area (Å²) in [5, 5.41) is 4.66. The van der Waals surface area contributed by atoms with Crippen LogP contribution < -0.4 is 11.1 Å². The van der Waals surface area contributed by atoms with Crippen LogP contribution in [0.25, 0.3) is 22.2 Å². The van der Waals surface area contributed by atoms with Gasteiger partial charge in [0.2, 0.25) is 0 Å². The Bertz CT molecular complexity index is 874. The number of fused-ring (bicyclic) bond motifs is 1. The molecular formula is C21H26N4. The van der Waals surface area contributed by atoms with E-state index in [1.54, 1.807) is 0 Å². The summed E-state index contributed by atoms with van der Waals surface area (Å²) in [6, 6.07) is 12.4. The highest BCUT2D eigenvalue weighted by Crippen LogP contribution is 2.37. The van der Waals surface area contributed by atoms with Crippen LogP contribution in [0.2, 0.25) is 0 Å². The Hall–Kier alpha value is -2.75. The third kappa shape index (κ3) is 3.38. The van der Waals surface area contributed by atoms with E-state index in [1.165, 1.54) is 5.39 Å². The smallest absolute Gasteiger partial charge is 0.124 e. The summed E-state index contributed by atoms with van der Waals surface area (Å²) < 4.78 is 0. The molecule has 0 fully saturated rings. The SMILES string of the molecule is C=C(CC)Nc1c(-c2cc3ccccc3[nH]2)cc(N)nc1C(C)CC. The molecule has 0 aliphatic rings. The maximum Gasteiger partial charge on any atom is 0.124 e. The van der Waals surface area contributed by atoms with Crippen molar-refractivity contribution in [1.29, 1.82) is 0 Å². The van der Waals surface area contributed by atoms with Crippen molar-refractivity contribution in [3.05, 3.63) is 54.4 Å². The van der Waals surface area contributed by atoms with Gasteiger partial charge in [-0.2, -0.15) is 0 Å². The number of H-pyrrole nitrogens is 1. The molecule has 25 heavy (non-hydrogen) atoms. The number of nitrogens with two attached hydrogens (primary N) is 1. The Morgan fingerprint density at radius 3 is 2.72 bits per heavy atom. The minimum atomic E-state index is 0.304. The van der Waals surface area contributed by atoms with Gasteiger partial charge in [-0.3, -0.25) is 0 Å². The lowest BCUT2D eigenvalue weighted by Gasteiger charge is -2.20. The van der Waals surface area contributed by atoms with Gasteiger partial charge in [-0.15, -0.1) is 0 Å². The molecule has 0 amide bonds. The van der Waals surface area contributed by atoms with Crippen molar-refractivity contribution < 1.29 is 0 Å². The zero-order valence-corrected chi connectivity index (χ0v) is 15.2. The molecule has 0 radical (unpaired) electrons. The summed E-state index contributed by atoms with van der Waals surface area (Å²) in [5.41, 5.74) is 12.3. The number of para-hydroxylation sites is 1. The molecule has 3 rings (SSSR count). The van der Waals surface area contributed by atoms with E-state index in [9.17, 15) is 0 Å². The Balaban J connectivity index is 2.22. The largest absolute Gasteiger partial charge is 0.384 e. The van der Waals surface area contributed by atoms with Crippen LogP contribution >= 0.6 is 0 Å². The number of nitrogens with zero attached hydrogens (tertiary/aromatic N) is 1. The average Bonchev–Trinajstić information content (AvgIpc) is 3.05. The monoisotopic (exact) mass is 334 g/mol. The summed E-state index contributed by atoms with van der Waals surface area (Å²) in [6.07, 6.45) is 1.85. The number of rotatable bonds is 6. The fourth-order valence-electron chi connectivity index (χ4n) is 2.96. The molecule has 1 aromatic carbocycles. The van der Waals surface area contributed by atoms with Gasteiger partial charge in [0, 0.05) is 33.8 Å². The normalized spacial score (nSPS) is 12.3. The molecule has 0 spiro atoms. The van der Waals surface area contributed by atoms with Crippen molar-refractivity contribution in [1.82, 2.24) is 9.97 Å². The van der Waals surface area contributed by atoms with E-state index >= 15 is 0 Å². The molecule has 0 bridgehead atoms. The van der Waals surface area contributed by atoms with Gasteiger partial charge in [0.25, 0.3) is 0 Å². The number of pyridine rings is 1. The van der Waals surface area contributed by atoms with Crippen molar-refractivity contribution in [3.63, 3.8) is 0 Å². The number of nitrogens with one attached hydrogen (secondary N) is 2. The molecule has 2 aromatic heterocycles. The van der Waals surface area contributed by atoms with Crippen molar-refractivity contribution >= 4 is 22.4 Å². The second-order valence-corrected chi connectivity index (χ2v) is 6.52. The number of anilines is 2. The van der Waals surface area contributed by atoms with Crippen LogP contribution in [0.15, 0.2) is 48.7 Å². The summed E-state index contributed by atoms with van der Waals surface area (Å²) >= 11 is 0. The highest BCUT2D eigenvalue weighted by Gasteiger charge is 2.19. The second-order valence-electron chi connectivity index (χ2n) is 6.52. The number of aromatic amines is 1. The average molecular weight is 334 g/mol. The van der Waals surface area contributed by atoms with E-state index in [0.29, 0.717) is 11.7 Å². The van der Waals surface area contributed by atoms with Crippen LogP contribution in [-0.2, 0) is 0 Å². The quantitative estimate of drug-likeness (QED) is 0.545. The van der Waals surface area contributed by atoms with Gasteiger partial charge < -0.3 is 16.0 Å². The molecule has 0 saturated carbocycles. The molecule has 0 aliphatic carbocycles. The van der Waals surface area contributed by atoms with Crippen LogP contribution in [0.3, 0.4) is 0 Å². The van der Waals surface area contributed by atoms with Crippen molar-refractivity contribution in [2.24, 2.45) is 0 Å². The number of hydrogen-bond donors (Lipinski definition) is 3. The van der Waals surface area contributed by atoms with E-state index in [-0.39, 0.29) is 0 Å². The van der Waals surface area contributed by atoms with E-state index in [1.807, 2.05) is 18.2 Å². The van der Waals surface area contributed by atoms with Crippen LogP contribution in [0.5, 0.6) is 0 Å². The van der Waals surface area contributed by atoms with Crippen molar-refractivity contribution in [2.75, 3.05) is 11.1 Å². The Morgan fingerprint density at radius 2 is 2.04 bits per heavy atom. The molecular weight excluding hydrogens is 308 g/mol. The van der Waals surface area contributed by atoms with Gasteiger partial charge in [-0.25, -0.2) is 4.98 Å². The fourth-order valence-corrected chi connectivity index (χ4v) is 2.96. The predicted molar refractivity (Wildman–Crippen MR) is 108 cm³/mol. The molecule has 4 nitrogen and oxygen atoms in total. The van der Waals surface area contributed by atoms with E-state index in [4.69, 9.17) is 5.73 Å². The number of hydrogen-bond acceptors (Lipinski definition) is 3. The standard InChI is InChI=1S/C21H26N4/c1-5-13(3)20-21(23-14(4)6-2)16(12-19(22)25-20)18-11-15-9-7-8-10-17(15)24-18/h7-13,23-24H,4-6H2,1-3H3,(H2,22,25). The number of nitrogen functional groups attached to an aromatic ring is 1. The minimum absolute atomic E-state index is 0.304. The van der Waals surface area contributed by atoms with E-state index in [0.717, 1.165) is 46.7 Å². The van der Waals surface area contributed by atoms with Gasteiger partial charge in [0.1, 0.15) is 5.82 Å². The third-order valence-corrected chi connectivity index (χ3v) is 4.70. The van der Waals surface area contributed by atoms with Crippen LogP contribution in [0, 0.1) is 0 Å². The Labute approximate surface area is 149 Å². The van der Waals surface area contributed by atoms with E-state index < -0.39 is 0 Å². The summed E-state index contributed by atoms with van der Waals surface area (Å²) in [7, 11) is 0. The van der Waals surface area contributed by atoms with Crippen LogP contribution in [-0.4, -0.2) is 9.97 Å². The first-order valence-electron chi connectivity index (χ1n) is 8.86. The molecule has 4 heteroatoms. The van der Waals surface area contributed by atoms with Crippen LogP contribution in [0.1, 0.15) is 45.2 Å². The van der Waals surface area contributed by atoms with Crippen LogP contribution in [0.4, 0.5) is 11.5 Å². The Kier molecular flexibility index (Phi) is 4.79. The molecule has 0 saturated heterocycles. The van der Waals surface area contributed by atoms with Gasteiger partial charge in [0.05, 0.1) is 11.4 Å². The number of allylic oxidation sites excluding steroid dienone is 1.